The van der Waals surface area contributed by atoms with Crippen LogP contribution in [0.3, 0.4) is 0 Å². The van der Waals surface area contributed by atoms with Crippen molar-refractivity contribution in [2.75, 3.05) is 25.4 Å². The number of hydrogen-bond donors (Lipinski definition) is 2. The minimum atomic E-state index is -3.65. The Morgan fingerprint density at radius 1 is 1.29 bits per heavy atom. The first kappa shape index (κ1) is 17.5. The Labute approximate surface area is 126 Å². The molecule has 0 spiro atoms. The molecule has 1 aromatic carbocycles. The van der Waals surface area contributed by atoms with Crippen molar-refractivity contribution in [3.05, 3.63) is 23.8 Å². The summed E-state index contributed by atoms with van der Waals surface area (Å²) >= 11 is 0. The van der Waals surface area contributed by atoms with Crippen molar-refractivity contribution >= 4 is 21.6 Å². The number of hydrogen-bond acceptors (Lipinski definition) is 4. The summed E-state index contributed by atoms with van der Waals surface area (Å²) in [5.41, 5.74) is 6.63. The molecule has 6 nitrogen and oxygen atoms in total. The van der Waals surface area contributed by atoms with Crippen LogP contribution >= 0.6 is 0 Å². The van der Waals surface area contributed by atoms with Gasteiger partial charge in [-0.25, -0.2) is 13.1 Å². The first-order valence-corrected chi connectivity index (χ1v) is 8.43. The first-order valence-electron chi connectivity index (χ1n) is 6.95. The van der Waals surface area contributed by atoms with Crippen LogP contribution in [0, 0.1) is 6.92 Å². The predicted octanol–water partition coefficient (Wildman–Crippen LogP) is 1.11. The number of nitrogens with one attached hydrogen (secondary N) is 1. The molecule has 0 atom stereocenters. The molecule has 0 saturated heterocycles. The van der Waals surface area contributed by atoms with Crippen LogP contribution < -0.4 is 10.5 Å². The minimum absolute atomic E-state index is 0.0630. The Bertz CT molecular complexity index is 595. The van der Waals surface area contributed by atoms with E-state index in [0.717, 1.165) is 0 Å². The number of nitrogens with zero attached hydrogens (tertiary/aromatic N) is 1. The number of amides is 1. The van der Waals surface area contributed by atoms with Gasteiger partial charge in [0.1, 0.15) is 0 Å². The van der Waals surface area contributed by atoms with E-state index < -0.39 is 10.0 Å². The zero-order chi connectivity index (χ0) is 16.0. The number of nitrogens with two attached hydrogens (primary N) is 1. The van der Waals surface area contributed by atoms with E-state index in [2.05, 4.69) is 4.72 Å². The molecule has 118 valence electrons. The summed E-state index contributed by atoms with van der Waals surface area (Å²) in [5.74, 6) is -0.0630. The number of carbonyl (C=O) groups excluding carboxylic acids is 1. The molecule has 0 bridgehead atoms. The van der Waals surface area contributed by atoms with E-state index in [1.54, 1.807) is 24.0 Å². The Hall–Kier alpha value is -1.60. The van der Waals surface area contributed by atoms with Gasteiger partial charge in [-0.15, -0.1) is 0 Å². The summed E-state index contributed by atoms with van der Waals surface area (Å²) in [7, 11) is -3.65. The molecule has 0 heterocycles. The number of carbonyl (C=O) groups is 1. The summed E-state index contributed by atoms with van der Waals surface area (Å²) in [6.07, 6.45) is 0.141. The third kappa shape index (κ3) is 4.71. The summed E-state index contributed by atoms with van der Waals surface area (Å²) in [4.78, 5) is 13.6. The van der Waals surface area contributed by atoms with Crippen LogP contribution in [-0.2, 0) is 14.8 Å². The molecule has 21 heavy (non-hydrogen) atoms. The van der Waals surface area contributed by atoms with Gasteiger partial charge >= 0.3 is 0 Å². The molecule has 0 aliphatic carbocycles. The zero-order valence-corrected chi connectivity index (χ0v) is 13.5. The monoisotopic (exact) mass is 313 g/mol. The van der Waals surface area contributed by atoms with Gasteiger partial charge in [0.25, 0.3) is 0 Å². The highest BCUT2D eigenvalue weighted by molar-refractivity contribution is 7.89. The Morgan fingerprint density at radius 3 is 2.48 bits per heavy atom. The van der Waals surface area contributed by atoms with Crippen LogP contribution in [0.5, 0.6) is 0 Å². The lowest BCUT2D eigenvalue weighted by molar-refractivity contribution is -0.130. The van der Waals surface area contributed by atoms with Crippen LogP contribution in [-0.4, -0.2) is 38.9 Å². The van der Waals surface area contributed by atoms with Crippen molar-refractivity contribution in [3.8, 4) is 0 Å². The fourth-order valence-electron chi connectivity index (χ4n) is 2.01. The van der Waals surface area contributed by atoms with Crippen molar-refractivity contribution in [3.63, 3.8) is 0 Å². The predicted molar refractivity (Wildman–Crippen MR) is 83.3 cm³/mol. The number of benzene rings is 1. The third-order valence-corrected chi connectivity index (χ3v) is 4.85. The van der Waals surface area contributed by atoms with Gasteiger partial charge < -0.3 is 10.6 Å². The molecule has 3 N–H and O–H groups in total. The average molecular weight is 313 g/mol. The fourth-order valence-corrected chi connectivity index (χ4v) is 3.32. The van der Waals surface area contributed by atoms with E-state index in [9.17, 15) is 13.2 Å². The molecule has 0 unspecified atom stereocenters. The SMILES string of the molecule is CCN(CC)C(=O)CCNS(=O)(=O)c1cc(N)ccc1C. The normalized spacial score (nSPS) is 11.4. The number of anilines is 1. The number of rotatable bonds is 7. The third-order valence-electron chi connectivity index (χ3n) is 3.25. The average Bonchev–Trinajstić information content (AvgIpc) is 2.42. The highest BCUT2D eigenvalue weighted by Gasteiger charge is 2.18. The van der Waals surface area contributed by atoms with Crippen molar-refractivity contribution < 1.29 is 13.2 Å². The second-order valence-corrected chi connectivity index (χ2v) is 6.47. The molecule has 0 aromatic heterocycles. The maximum atomic E-state index is 12.2. The molecule has 7 heteroatoms. The molecule has 1 amide bonds. The lowest BCUT2D eigenvalue weighted by atomic mass is 10.2. The van der Waals surface area contributed by atoms with Crippen LogP contribution in [0.4, 0.5) is 5.69 Å². The lowest BCUT2D eigenvalue weighted by Crippen LogP contribution is -2.34. The van der Waals surface area contributed by atoms with Gasteiger partial charge in [-0.05, 0) is 38.5 Å². The molecule has 0 aliphatic heterocycles. The van der Waals surface area contributed by atoms with E-state index in [1.165, 1.54) is 6.07 Å². The largest absolute Gasteiger partial charge is 0.399 e. The highest BCUT2D eigenvalue weighted by Crippen LogP contribution is 2.17. The maximum Gasteiger partial charge on any atom is 0.240 e. The zero-order valence-electron chi connectivity index (χ0n) is 12.7. The van der Waals surface area contributed by atoms with E-state index >= 15 is 0 Å². The molecule has 0 aliphatic rings. The van der Waals surface area contributed by atoms with E-state index in [-0.39, 0.29) is 23.8 Å². The van der Waals surface area contributed by atoms with E-state index in [1.807, 2.05) is 13.8 Å². The second-order valence-electron chi connectivity index (χ2n) is 4.74. The molecular formula is C14H23N3O3S. The van der Waals surface area contributed by atoms with Crippen molar-refractivity contribution in [2.45, 2.75) is 32.1 Å². The molecule has 0 radical (unpaired) electrons. The van der Waals surface area contributed by atoms with Crippen molar-refractivity contribution in [2.24, 2.45) is 0 Å². The first-order chi connectivity index (χ1) is 9.81. The van der Waals surface area contributed by atoms with Crippen molar-refractivity contribution in [1.29, 1.82) is 0 Å². The quantitative estimate of drug-likeness (QED) is 0.738. The van der Waals surface area contributed by atoms with E-state index in [4.69, 9.17) is 5.73 Å². The number of aryl methyl sites for hydroxylation is 1. The molecule has 1 rings (SSSR count). The number of sulfonamides is 1. The van der Waals surface area contributed by atoms with Gasteiger partial charge in [-0.1, -0.05) is 6.07 Å². The van der Waals surface area contributed by atoms with Gasteiger partial charge in [0.05, 0.1) is 4.90 Å². The van der Waals surface area contributed by atoms with Crippen LogP contribution in [0.25, 0.3) is 0 Å². The second kappa shape index (κ2) is 7.42. The smallest absolute Gasteiger partial charge is 0.240 e. The van der Waals surface area contributed by atoms with Gasteiger partial charge in [0, 0.05) is 31.7 Å². The number of nitrogen functional groups attached to an aromatic ring is 1. The van der Waals surface area contributed by atoms with Gasteiger partial charge in [0.15, 0.2) is 0 Å². The van der Waals surface area contributed by atoms with Gasteiger partial charge in [0.2, 0.25) is 15.9 Å². The van der Waals surface area contributed by atoms with E-state index in [0.29, 0.717) is 24.3 Å². The summed E-state index contributed by atoms with van der Waals surface area (Å²) in [5, 5.41) is 0. The van der Waals surface area contributed by atoms with Crippen molar-refractivity contribution in [1.82, 2.24) is 9.62 Å². The van der Waals surface area contributed by atoms with Gasteiger partial charge in [-0.3, -0.25) is 4.79 Å². The van der Waals surface area contributed by atoms with Crippen LogP contribution in [0.1, 0.15) is 25.8 Å². The van der Waals surface area contributed by atoms with Crippen LogP contribution in [0.15, 0.2) is 23.1 Å². The Kier molecular flexibility index (Phi) is 6.17. The van der Waals surface area contributed by atoms with Crippen LogP contribution in [0.2, 0.25) is 0 Å². The lowest BCUT2D eigenvalue weighted by Gasteiger charge is -2.18. The Balaban J connectivity index is 2.70. The standard InChI is InChI=1S/C14H23N3O3S/c1-4-17(5-2)14(18)8-9-16-21(19,20)13-10-12(15)7-6-11(13)3/h6-7,10,16H,4-5,8-9,15H2,1-3H3. The molecule has 1 aromatic rings. The highest BCUT2D eigenvalue weighted by atomic mass is 32.2. The topological polar surface area (TPSA) is 92.5 Å². The van der Waals surface area contributed by atoms with Gasteiger partial charge in [-0.2, -0.15) is 0 Å². The minimum Gasteiger partial charge on any atom is -0.399 e. The maximum absolute atomic E-state index is 12.2. The molecule has 0 saturated carbocycles. The summed E-state index contributed by atoms with van der Waals surface area (Å²) in [6, 6.07) is 4.73. The molecule has 0 fully saturated rings. The Morgan fingerprint density at radius 2 is 1.90 bits per heavy atom. The molecular weight excluding hydrogens is 290 g/mol. The summed E-state index contributed by atoms with van der Waals surface area (Å²) in [6.45, 7) is 6.80. The summed E-state index contributed by atoms with van der Waals surface area (Å²) < 4.78 is 26.9. The fraction of sp³-hybridized carbons (Fsp3) is 0.500.